The van der Waals surface area contributed by atoms with Gasteiger partial charge in [-0.25, -0.2) is 0 Å². The molecule has 0 atom stereocenters. The second kappa shape index (κ2) is 9.26. The van der Waals surface area contributed by atoms with Crippen LogP contribution in [-0.2, 0) is 4.74 Å². The number of amides is 1. The SMILES string of the molecule is O=C(NC(=S)Nc1cc(Cl)ccc1N1CCOCC1)c1sc2cc(Cl)ccc2c1Cl. The smallest absolute Gasteiger partial charge is 0.269 e. The number of morpholine rings is 1. The molecule has 30 heavy (non-hydrogen) atoms. The summed E-state index contributed by atoms with van der Waals surface area (Å²) in [6.45, 7) is 2.82. The molecule has 0 unspecified atom stereocenters. The molecule has 1 aliphatic rings. The number of thiocarbonyl (C=S) groups is 1. The highest BCUT2D eigenvalue weighted by Crippen LogP contribution is 2.36. The molecule has 2 N–H and O–H groups in total. The number of anilines is 2. The number of fused-ring (bicyclic) bond motifs is 1. The highest BCUT2D eigenvalue weighted by molar-refractivity contribution is 7.80. The van der Waals surface area contributed by atoms with Gasteiger partial charge in [0.05, 0.1) is 29.6 Å². The Labute approximate surface area is 197 Å². The lowest BCUT2D eigenvalue weighted by atomic mass is 10.2. The molecule has 1 aromatic heterocycles. The summed E-state index contributed by atoms with van der Waals surface area (Å²) in [7, 11) is 0. The number of benzene rings is 2. The van der Waals surface area contributed by atoms with Gasteiger partial charge in [0.1, 0.15) is 4.88 Å². The van der Waals surface area contributed by atoms with Crippen LogP contribution >= 0.6 is 58.4 Å². The van der Waals surface area contributed by atoms with Crippen LogP contribution in [0.25, 0.3) is 10.1 Å². The molecule has 5 nitrogen and oxygen atoms in total. The van der Waals surface area contributed by atoms with Gasteiger partial charge in [0, 0.05) is 33.2 Å². The van der Waals surface area contributed by atoms with Crippen LogP contribution in [0.2, 0.25) is 15.1 Å². The van der Waals surface area contributed by atoms with Crippen LogP contribution in [0.5, 0.6) is 0 Å². The molecule has 1 aliphatic heterocycles. The van der Waals surface area contributed by atoms with E-state index in [1.807, 2.05) is 12.1 Å². The van der Waals surface area contributed by atoms with Gasteiger partial charge in [-0.1, -0.05) is 40.9 Å². The van der Waals surface area contributed by atoms with Gasteiger partial charge in [0.25, 0.3) is 5.91 Å². The quantitative estimate of drug-likeness (QED) is 0.444. The second-order valence-electron chi connectivity index (χ2n) is 6.55. The first-order valence-electron chi connectivity index (χ1n) is 9.04. The van der Waals surface area contributed by atoms with Gasteiger partial charge in [-0.15, -0.1) is 11.3 Å². The fourth-order valence-electron chi connectivity index (χ4n) is 3.19. The molecule has 0 aliphatic carbocycles. The van der Waals surface area contributed by atoms with E-state index in [1.54, 1.807) is 24.3 Å². The van der Waals surface area contributed by atoms with Crippen LogP contribution in [0.1, 0.15) is 9.67 Å². The average Bonchev–Trinajstić information content (AvgIpc) is 3.04. The van der Waals surface area contributed by atoms with Crippen molar-refractivity contribution < 1.29 is 9.53 Å². The van der Waals surface area contributed by atoms with Crippen LogP contribution in [0.3, 0.4) is 0 Å². The van der Waals surface area contributed by atoms with Gasteiger partial charge < -0.3 is 15.0 Å². The third kappa shape index (κ3) is 4.66. The van der Waals surface area contributed by atoms with E-state index < -0.39 is 0 Å². The summed E-state index contributed by atoms with van der Waals surface area (Å²) >= 11 is 25.3. The van der Waals surface area contributed by atoms with Gasteiger partial charge in [-0.2, -0.15) is 0 Å². The number of ether oxygens (including phenoxy) is 1. The van der Waals surface area contributed by atoms with E-state index in [0.29, 0.717) is 38.8 Å². The van der Waals surface area contributed by atoms with Crippen molar-refractivity contribution in [1.29, 1.82) is 0 Å². The van der Waals surface area contributed by atoms with Gasteiger partial charge in [-0.05, 0) is 42.5 Å². The zero-order chi connectivity index (χ0) is 21.3. The third-order valence-corrected chi connectivity index (χ3v) is 6.91. The van der Waals surface area contributed by atoms with Crippen LogP contribution in [0.15, 0.2) is 36.4 Å². The fourth-order valence-corrected chi connectivity index (χ4v) is 5.25. The summed E-state index contributed by atoms with van der Waals surface area (Å²) in [6.07, 6.45) is 0. The minimum atomic E-state index is -0.384. The normalized spacial score (nSPS) is 14.0. The van der Waals surface area contributed by atoms with Crippen molar-refractivity contribution >= 4 is 90.8 Å². The van der Waals surface area contributed by atoms with Crippen molar-refractivity contribution in [2.24, 2.45) is 0 Å². The number of thiophene rings is 1. The molecule has 4 rings (SSSR count). The van der Waals surface area contributed by atoms with Crippen LogP contribution in [0, 0.1) is 0 Å². The number of carbonyl (C=O) groups is 1. The number of hydrogen-bond donors (Lipinski definition) is 2. The van der Waals surface area contributed by atoms with Crippen molar-refractivity contribution in [3.05, 3.63) is 56.3 Å². The third-order valence-electron chi connectivity index (χ3n) is 4.58. The molecule has 0 radical (unpaired) electrons. The molecule has 2 heterocycles. The Morgan fingerprint density at radius 3 is 2.53 bits per heavy atom. The van der Waals surface area contributed by atoms with Gasteiger partial charge in [0.15, 0.2) is 5.11 Å². The fraction of sp³-hybridized carbons (Fsp3) is 0.200. The Morgan fingerprint density at radius 1 is 1.07 bits per heavy atom. The van der Waals surface area contributed by atoms with E-state index >= 15 is 0 Å². The summed E-state index contributed by atoms with van der Waals surface area (Å²) in [5.74, 6) is -0.384. The van der Waals surface area contributed by atoms with Crippen LogP contribution < -0.4 is 15.5 Å². The monoisotopic (exact) mass is 499 g/mol. The maximum Gasteiger partial charge on any atom is 0.269 e. The van der Waals surface area contributed by atoms with Crippen molar-refractivity contribution in [2.75, 3.05) is 36.5 Å². The Hall–Kier alpha value is -1.61. The zero-order valence-corrected chi connectivity index (χ0v) is 19.4. The predicted octanol–water partition coefficient (Wildman–Crippen LogP) is 5.82. The summed E-state index contributed by atoms with van der Waals surface area (Å²) in [4.78, 5) is 15.3. The molecule has 0 bridgehead atoms. The number of carbonyl (C=O) groups excluding carboxylic acids is 1. The highest BCUT2D eigenvalue weighted by Gasteiger charge is 2.20. The molecule has 2 aromatic carbocycles. The standard InChI is InChI=1S/C20H16Cl3N3O2S2/c21-11-2-4-15(26-5-7-28-8-6-26)14(9-11)24-20(29)25-19(27)18-17(23)13-3-1-12(22)10-16(13)30-18/h1-4,9-10H,5-8H2,(H2,24,25,27,29). The van der Waals surface area contributed by atoms with E-state index in [4.69, 9.17) is 51.8 Å². The van der Waals surface area contributed by atoms with Crippen LogP contribution in [-0.4, -0.2) is 37.3 Å². The topological polar surface area (TPSA) is 53.6 Å². The van der Waals surface area contributed by atoms with E-state index in [2.05, 4.69) is 15.5 Å². The van der Waals surface area contributed by atoms with Gasteiger partial charge in [0.2, 0.25) is 0 Å². The average molecular weight is 501 g/mol. The van der Waals surface area contributed by atoms with E-state index in [-0.39, 0.29) is 11.0 Å². The first-order valence-corrected chi connectivity index (χ1v) is 11.4. The van der Waals surface area contributed by atoms with E-state index in [1.165, 1.54) is 11.3 Å². The molecule has 3 aromatic rings. The van der Waals surface area contributed by atoms with Gasteiger partial charge in [-0.3, -0.25) is 10.1 Å². The lowest BCUT2D eigenvalue weighted by Crippen LogP contribution is -2.38. The number of halogens is 3. The molecule has 156 valence electrons. The molecule has 1 amide bonds. The largest absolute Gasteiger partial charge is 0.378 e. The molecule has 10 heteroatoms. The minimum absolute atomic E-state index is 0.156. The Bertz CT molecular complexity index is 1130. The summed E-state index contributed by atoms with van der Waals surface area (Å²) in [6, 6.07) is 10.8. The lowest BCUT2D eigenvalue weighted by Gasteiger charge is -2.30. The minimum Gasteiger partial charge on any atom is -0.378 e. The Balaban J connectivity index is 1.52. The van der Waals surface area contributed by atoms with Crippen molar-refractivity contribution in [2.45, 2.75) is 0 Å². The first-order chi connectivity index (χ1) is 14.4. The Morgan fingerprint density at radius 2 is 1.77 bits per heavy atom. The van der Waals surface area contributed by atoms with E-state index in [9.17, 15) is 4.79 Å². The van der Waals surface area contributed by atoms with Gasteiger partial charge >= 0.3 is 0 Å². The number of hydrogen-bond acceptors (Lipinski definition) is 5. The lowest BCUT2D eigenvalue weighted by molar-refractivity contribution is 0.0982. The summed E-state index contributed by atoms with van der Waals surface area (Å²) in [5.41, 5.74) is 1.65. The second-order valence-corrected chi connectivity index (χ2v) is 9.27. The maximum atomic E-state index is 12.8. The summed E-state index contributed by atoms with van der Waals surface area (Å²) in [5, 5.41) is 8.24. The number of nitrogens with zero attached hydrogens (tertiary/aromatic N) is 1. The highest BCUT2D eigenvalue weighted by atomic mass is 35.5. The number of rotatable bonds is 3. The zero-order valence-electron chi connectivity index (χ0n) is 15.5. The van der Waals surface area contributed by atoms with Crippen molar-refractivity contribution in [3.63, 3.8) is 0 Å². The predicted molar refractivity (Wildman–Crippen MR) is 130 cm³/mol. The molecular weight excluding hydrogens is 485 g/mol. The molecular formula is C20H16Cl3N3O2S2. The molecule has 1 saturated heterocycles. The summed E-state index contributed by atoms with van der Waals surface area (Å²) < 4.78 is 6.25. The van der Waals surface area contributed by atoms with Crippen molar-refractivity contribution in [3.8, 4) is 0 Å². The van der Waals surface area contributed by atoms with Crippen LogP contribution in [0.4, 0.5) is 11.4 Å². The maximum absolute atomic E-state index is 12.8. The van der Waals surface area contributed by atoms with E-state index in [0.717, 1.165) is 28.9 Å². The molecule has 1 fully saturated rings. The first kappa shape index (κ1) is 21.6. The molecule has 0 saturated carbocycles. The number of nitrogens with one attached hydrogen (secondary N) is 2. The Kier molecular flexibility index (Phi) is 6.67. The van der Waals surface area contributed by atoms with Crippen molar-refractivity contribution in [1.82, 2.24) is 5.32 Å². The molecule has 0 spiro atoms.